The minimum absolute atomic E-state index is 0.380. The molecule has 0 aliphatic rings. The summed E-state index contributed by atoms with van der Waals surface area (Å²) in [7, 11) is 0. The van der Waals surface area contributed by atoms with Crippen LogP contribution in [0.3, 0.4) is 0 Å². The minimum Gasteiger partial charge on any atom is -0.478 e. The first kappa shape index (κ1) is 21.7. The molecular weight excluding hydrogens is 400 g/mol. The van der Waals surface area contributed by atoms with Gasteiger partial charge >= 0.3 is 35.8 Å². The second-order valence-corrected chi connectivity index (χ2v) is 5.45. The van der Waals surface area contributed by atoms with Crippen molar-refractivity contribution in [2.45, 2.75) is 0 Å². The largest absolute Gasteiger partial charge is 0.478 e. The van der Waals surface area contributed by atoms with E-state index in [1.54, 1.807) is 0 Å². The van der Waals surface area contributed by atoms with Crippen molar-refractivity contribution in [2.75, 3.05) is 0 Å². The van der Waals surface area contributed by atoms with Crippen molar-refractivity contribution in [1.82, 2.24) is 0 Å². The van der Waals surface area contributed by atoms with Crippen LogP contribution in [-0.2, 0) is 19.1 Å². The van der Waals surface area contributed by atoms with Gasteiger partial charge in [-0.15, -0.1) is 0 Å². The summed E-state index contributed by atoms with van der Waals surface area (Å²) < 4.78 is 8.84. The van der Waals surface area contributed by atoms with Crippen molar-refractivity contribution in [1.29, 1.82) is 0 Å². The molecule has 0 unspecified atom stereocenters. The quantitative estimate of drug-likeness (QED) is 0.406. The number of hydrogen-bond acceptors (Lipinski definition) is 8. The molecule has 30 heavy (non-hydrogen) atoms. The second kappa shape index (κ2) is 9.55. The van der Waals surface area contributed by atoms with Crippen LogP contribution < -0.4 is 0 Å². The fourth-order valence-corrected chi connectivity index (χ4v) is 2.19. The van der Waals surface area contributed by atoms with Gasteiger partial charge in [-0.2, -0.15) is 0 Å². The fourth-order valence-electron chi connectivity index (χ4n) is 2.19. The Bertz CT molecular complexity index is 995. The highest BCUT2D eigenvalue weighted by molar-refractivity contribution is 6.09. The zero-order valence-electron chi connectivity index (χ0n) is 14.9. The topological polar surface area (TPSA) is 161 Å². The van der Waals surface area contributed by atoms with Crippen LogP contribution in [0.25, 0.3) is 0 Å². The molecule has 152 valence electrons. The minimum atomic E-state index is -1.41. The van der Waals surface area contributed by atoms with E-state index >= 15 is 0 Å². The summed E-state index contributed by atoms with van der Waals surface area (Å²) in [5, 5.41) is 18.0. The lowest BCUT2D eigenvalue weighted by Crippen LogP contribution is -2.16. The Kier molecular flexibility index (Phi) is 6.91. The molecule has 0 amide bonds. The SMILES string of the molecule is O=C(C=CC(=O)OC(=O)c1ccccc1C(=O)O)OC(=O)c1ccccc1C(=O)O. The van der Waals surface area contributed by atoms with Crippen LogP contribution in [-0.4, -0.2) is 46.0 Å². The first-order chi connectivity index (χ1) is 14.2. The first-order valence-electron chi connectivity index (χ1n) is 8.05. The third-order valence-electron chi connectivity index (χ3n) is 3.50. The molecule has 0 radical (unpaired) electrons. The van der Waals surface area contributed by atoms with Crippen molar-refractivity contribution in [3.05, 3.63) is 82.9 Å². The highest BCUT2D eigenvalue weighted by atomic mass is 16.6. The summed E-state index contributed by atoms with van der Waals surface area (Å²) >= 11 is 0. The average molecular weight is 412 g/mol. The molecule has 2 N–H and O–H groups in total. The van der Waals surface area contributed by atoms with Crippen molar-refractivity contribution < 1.29 is 48.5 Å². The molecule has 0 aliphatic carbocycles. The number of carboxylic acids is 2. The number of carbonyl (C=O) groups excluding carboxylic acids is 4. The van der Waals surface area contributed by atoms with Crippen LogP contribution in [0.4, 0.5) is 0 Å². The molecule has 0 saturated heterocycles. The third kappa shape index (κ3) is 5.45. The normalized spacial score (nSPS) is 10.3. The van der Waals surface area contributed by atoms with Crippen molar-refractivity contribution in [2.24, 2.45) is 0 Å². The molecule has 2 rings (SSSR count). The van der Waals surface area contributed by atoms with E-state index in [9.17, 15) is 28.8 Å². The van der Waals surface area contributed by atoms with E-state index < -0.39 is 35.8 Å². The monoisotopic (exact) mass is 412 g/mol. The molecule has 0 saturated carbocycles. The number of carbonyl (C=O) groups is 6. The molecule has 2 aromatic rings. The smallest absolute Gasteiger partial charge is 0.346 e. The highest BCUT2D eigenvalue weighted by Crippen LogP contribution is 2.12. The Morgan fingerprint density at radius 1 is 0.567 bits per heavy atom. The van der Waals surface area contributed by atoms with E-state index in [4.69, 9.17) is 10.2 Å². The predicted molar refractivity (Wildman–Crippen MR) is 96.8 cm³/mol. The maximum Gasteiger partial charge on any atom is 0.346 e. The summed E-state index contributed by atoms with van der Waals surface area (Å²) in [5.74, 6) is -7.99. The zero-order chi connectivity index (χ0) is 22.3. The maximum atomic E-state index is 11.9. The Hall–Kier alpha value is -4.60. The molecule has 0 fully saturated rings. The average Bonchev–Trinajstić information content (AvgIpc) is 2.72. The standard InChI is InChI=1S/C20H12O10/c21-15(29-19(27)13-7-3-1-5-11(13)17(23)24)9-10-16(22)30-20(28)14-8-4-2-6-12(14)18(25)26/h1-10H,(H,23,24)(H,25,26). The lowest BCUT2D eigenvalue weighted by atomic mass is 10.1. The molecule has 0 atom stereocenters. The Balaban J connectivity index is 2.01. The molecule has 0 spiro atoms. The van der Waals surface area contributed by atoms with Gasteiger partial charge < -0.3 is 19.7 Å². The number of aromatic carboxylic acids is 2. The van der Waals surface area contributed by atoms with Crippen LogP contribution in [0.2, 0.25) is 0 Å². The van der Waals surface area contributed by atoms with Crippen molar-refractivity contribution >= 4 is 35.8 Å². The molecule has 10 nitrogen and oxygen atoms in total. The van der Waals surface area contributed by atoms with E-state index in [2.05, 4.69) is 9.47 Å². The first-order valence-corrected chi connectivity index (χ1v) is 8.05. The number of hydrogen-bond donors (Lipinski definition) is 2. The summed E-state index contributed by atoms with van der Waals surface area (Å²) in [6.45, 7) is 0. The van der Waals surface area contributed by atoms with Gasteiger partial charge in [0.1, 0.15) is 0 Å². The summed E-state index contributed by atoms with van der Waals surface area (Å²) in [4.78, 5) is 69.3. The zero-order valence-corrected chi connectivity index (χ0v) is 14.9. The maximum absolute atomic E-state index is 11.9. The van der Waals surface area contributed by atoms with Gasteiger partial charge in [-0.05, 0) is 24.3 Å². The lowest BCUT2D eigenvalue weighted by Gasteiger charge is -2.04. The Morgan fingerprint density at radius 2 is 0.867 bits per heavy atom. The van der Waals surface area contributed by atoms with Gasteiger partial charge in [-0.25, -0.2) is 28.8 Å². The molecular formula is C20H12O10. The molecule has 0 bridgehead atoms. The van der Waals surface area contributed by atoms with E-state index in [-0.39, 0.29) is 22.3 Å². The number of benzene rings is 2. The van der Waals surface area contributed by atoms with Crippen molar-refractivity contribution in [3.63, 3.8) is 0 Å². The number of esters is 4. The van der Waals surface area contributed by atoms with Gasteiger partial charge in [0, 0.05) is 12.2 Å². The number of rotatable bonds is 6. The molecule has 0 aromatic heterocycles. The van der Waals surface area contributed by atoms with E-state index in [0.717, 1.165) is 24.3 Å². The molecule has 0 heterocycles. The van der Waals surface area contributed by atoms with Gasteiger partial charge in [0.25, 0.3) is 0 Å². The van der Waals surface area contributed by atoms with Gasteiger partial charge in [0.2, 0.25) is 0 Å². The lowest BCUT2D eigenvalue weighted by molar-refractivity contribution is -0.135. The van der Waals surface area contributed by atoms with Gasteiger partial charge in [0.05, 0.1) is 22.3 Å². The van der Waals surface area contributed by atoms with Crippen LogP contribution in [0.5, 0.6) is 0 Å². The summed E-state index contributed by atoms with van der Waals surface area (Å²) in [6.07, 6.45) is 0.972. The van der Waals surface area contributed by atoms with E-state index in [1.165, 1.54) is 24.3 Å². The fraction of sp³-hybridized carbons (Fsp3) is 0. The molecule has 2 aromatic carbocycles. The van der Waals surface area contributed by atoms with Gasteiger partial charge in [-0.1, -0.05) is 24.3 Å². The highest BCUT2D eigenvalue weighted by Gasteiger charge is 2.20. The van der Waals surface area contributed by atoms with Crippen LogP contribution in [0.15, 0.2) is 60.7 Å². The molecule has 0 aliphatic heterocycles. The Labute approximate surface area is 168 Å². The summed E-state index contributed by atoms with van der Waals surface area (Å²) in [5.41, 5.74) is -1.53. The number of ether oxygens (including phenoxy) is 2. The molecule has 10 heteroatoms. The van der Waals surface area contributed by atoms with Crippen LogP contribution in [0.1, 0.15) is 41.4 Å². The summed E-state index contributed by atoms with van der Waals surface area (Å²) in [6, 6.07) is 10.0. The van der Waals surface area contributed by atoms with Gasteiger partial charge in [0.15, 0.2) is 0 Å². The predicted octanol–water partition coefficient (Wildman–Crippen LogP) is 1.71. The second-order valence-electron chi connectivity index (χ2n) is 5.45. The third-order valence-corrected chi connectivity index (χ3v) is 3.50. The number of carboxylic acid groups (broad SMARTS) is 2. The van der Waals surface area contributed by atoms with Crippen LogP contribution >= 0.6 is 0 Å². The van der Waals surface area contributed by atoms with Gasteiger partial charge in [-0.3, -0.25) is 0 Å². The van der Waals surface area contributed by atoms with Crippen LogP contribution in [0, 0.1) is 0 Å². The van der Waals surface area contributed by atoms with E-state index in [1.807, 2.05) is 0 Å². The van der Waals surface area contributed by atoms with Crippen molar-refractivity contribution in [3.8, 4) is 0 Å². The Morgan fingerprint density at radius 3 is 1.17 bits per heavy atom. The van der Waals surface area contributed by atoms with E-state index in [0.29, 0.717) is 12.2 Å².